The Morgan fingerprint density at radius 3 is 2.74 bits per heavy atom. The summed E-state index contributed by atoms with van der Waals surface area (Å²) in [5, 5.41) is 10.3. The van der Waals surface area contributed by atoms with Gasteiger partial charge in [0.1, 0.15) is 5.15 Å². The van der Waals surface area contributed by atoms with Crippen LogP contribution in [0.3, 0.4) is 0 Å². The number of alkyl halides is 2. The van der Waals surface area contributed by atoms with Crippen molar-refractivity contribution in [1.82, 2.24) is 4.98 Å². The molecule has 9 heteroatoms. The van der Waals surface area contributed by atoms with Crippen LogP contribution in [0, 0.1) is 10.1 Å². The highest BCUT2D eigenvalue weighted by Gasteiger charge is 2.26. The Labute approximate surface area is 111 Å². The fraction of sp³-hybridized carbons (Fsp3) is 0.400. The SMILES string of the molecule is CCOC(=O)Cc1cc([N+](=O)[O-])c(C(F)F)nc1Cl. The predicted octanol–water partition coefficient (Wildman–Crippen LogP) is 2.69. The summed E-state index contributed by atoms with van der Waals surface area (Å²) in [6, 6.07) is 0.813. The van der Waals surface area contributed by atoms with Crippen molar-refractivity contribution in [2.45, 2.75) is 19.8 Å². The molecule has 0 atom stereocenters. The molecular formula is C10H9ClF2N2O4. The van der Waals surface area contributed by atoms with Gasteiger partial charge in [-0.1, -0.05) is 11.6 Å². The lowest BCUT2D eigenvalue weighted by Gasteiger charge is -2.07. The minimum Gasteiger partial charge on any atom is -0.466 e. The fourth-order valence-corrected chi connectivity index (χ4v) is 1.54. The van der Waals surface area contributed by atoms with E-state index in [-0.39, 0.29) is 23.7 Å². The molecule has 0 amide bonds. The lowest BCUT2D eigenvalue weighted by atomic mass is 10.1. The van der Waals surface area contributed by atoms with Crippen LogP contribution in [0.1, 0.15) is 24.6 Å². The smallest absolute Gasteiger partial charge is 0.310 e. The number of pyridine rings is 1. The Balaban J connectivity index is 3.17. The summed E-state index contributed by atoms with van der Waals surface area (Å²) in [5.74, 6) is -0.676. The summed E-state index contributed by atoms with van der Waals surface area (Å²) < 4.78 is 29.8. The van der Waals surface area contributed by atoms with Crippen molar-refractivity contribution in [1.29, 1.82) is 0 Å². The molecule has 6 nitrogen and oxygen atoms in total. The van der Waals surface area contributed by atoms with Gasteiger partial charge in [0.25, 0.3) is 12.1 Å². The number of nitrogens with zero attached hydrogens (tertiary/aromatic N) is 2. The first-order valence-corrected chi connectivity index (χ1v) is 5.52. The Morgan fingerprint density at radius 2 is 2.26 bits per heavy atom. The molecule has 0 spiro atoms. The standard InChI is InChI=1S/C10H9ClF2N2O4/c1-2-19-7(16)4-5-3-6(15(17)18)8(10(12)13)14-9(5)11/h3,10H,2,4H2,1H3. The molecule has 0 radical (unpaired) electrons. The lowest BCUT2D eigenvalue weighted by Crippen LogP contribution is -2.10. The molecule has 1 heterocycles. The van der Waals surface area contributed by atoms with E-state index in [9.17, 15) is 23.7 Å². The quantitative estimate of drug-likeness (QED) is 0.361. The summed E-state index contributed by atoms with van der Waals surface area (Å²) in [7, 11) is 0. The molecule has 19 heavy (non-hydrogen) atoms. The molecule has 1 aromatic heterocycles. The Kier molecular flexibility index (Phi) is 5.11. The molecule has 0 aromatic carbocycles. The van der Waals surface area contributed by atoms with Gasteiger partial charge < -0.3 is 4.74 Å². The van der Waals surface area contributed by atoms with Crippen molar-refractivity contribution >= 4 is 23.3 Å². The molecule has 0 aliphatic carbocycles. The molecule has 0 aliphatic heterocycles. The third-order valence-corrected chi connectivity index (χ3v) is 2.43. The number of carbonyl (C=O) groups excluding carboxylic acids is 1. The fourth-order valence-electron chi connectivity index (χ4n) is 1.33. The molecule has 0 unspecified atom stereocenters. The van der Waals surface area contributed by atoms with Crippen LogP contribution in [0.5, 0.6) is 0 Å². The van der Waals surface area contributed by atoms with E-state index in [2.05, 4.69) is 9.72 Å². The monoisotopic (exact) mass is 294 g/mol. The summed E-state index contributed by atoms with van der Waals surface area (Å²) in [6.07, 6.45) is -3.50. The van der Waals surface area contributed by atoms with Crippen LogP contribution in [0.15, 0.2) is 6.07 Å². The minimum absolute atomic E-state index is 0.0313. The van der Waals surface area contributed by atoms with Crippen LogP contribution in [0.4, 0.5) is 14.5 Å². The molecule has 0 N–H and O–H groups in total. The number of aromatic nitrogens is 1. The van der Waals surface area contributed by atoms with Crippen molar-refractivity contribution in [2.75, 3.05) is 6.61 Å². The molecule has 1 aromatic rings. The summed E-state index contributed by atoms with van der Waals surface area (Å²) >= 11 is 5.62. The zero-order chi connectivity index (χ0) is 14.6. The lowest BCUT2D eigenvalue weighted by molar-refractivity contribution is -0.386. The summed E-state index contributed by atoms with van der Waals surface area (Å²) in [5.41, 5.74) is -1.93. The summed E-state index contributed by atoms with van der Waals surface area (Å²) in [6.45, 7) is 1.71. The number of carbonyl (C=O) groups is 1. The second-order valence-corrected chi connectivity index (χ2v) is 3.74. The van der Waals surface area contributed by atoms with Crippen molar-refractivity contribution < 1.29 is 23.2 Å². The van der Waals surface area contributed by atoms with Gasteiger partial charge in [-0.2, -0.15) is 0 Å². The van der Waals surface area contributed by atoms with E-state index >= 15 is 0 Å². The number of ether oxygens (including phenoxy) is 1. The molecule has 0 aliphatic rings. The van der Waals surface area contributed by atoms with Gasteiger partial charge >= 0.3 is 5.97 Å². The van der Waals surface area contributed by atoms with E-state index in [1.54, 1.807) is 6.92 Å². The zero-order valence-electron chi connectivity index (χ0n) is 9.73. The first-order valence-electron chi connectivity index (χ1n) is 5.14. The van der Waals surface area contributed by atoms with Gasteiger partial charge in [-0.05, 0) is 6.92 Å². The molecule has 0 bridgehead atoms. The van der Waals surface area contributed by atoms with Crippen LogP contribution in [-0.4, -0.2) is 22.5 Å². The highest BCUT2D eigenvalue weighted by molar-refractivity contribution is 6.30. The number of hydrogen-bond acceptors (Lipinski definition) is 5. The van der Waals surface area contributed by atoms with Gasteiger partial charge in [0.05, 0.1) is 18.0 Å². The maximum Gasteiger partial charge on any atom is 0.310 e. The number of halogens is 3. The number of hydrogen-bond donors (Lipinski definition) is 0. The van der Waals surface area contributed by atoms with Crippen molar-refractivity contribution in [3.05, 3.63) is 32.6 Å². The first kappa shape index (κ1) is 15.2. The van der Waals surface area contributed by atoms with E-state index in [1.165, 1.54) is 0 Å². The van der Waals surface area contributed by atoms with Gasteiger partial charge in [0.15, 0.2) is 5.69 Å². The van der Waals surface area contributed by atoms with Gasteiger partial charge in [-0.15, -0.1) is 0 Å². The van der Waals surface area contributed by atoms with Crippen molar-refractivity contribution in [3.8, 4) is 0 Å². The van der Waals surface area contributed by atoms with Crippen molar-refractivity contribution in [3.63, 3.8) is 0 Å². The van der Waals surface area contributed by atoms with Crippen molar-refractivity contribution in [2.24, 2.45) is 0 Å². The van der Waals surface area contributed by atoms with Crippen LogP contribution < -0.4 is 0 Å². The second-order valence-electron chi connectivity index (χ2n) is 3.38. The first-order chi connectivity index (χ1) is 8.86. The third-order valence-electron chi connectivity index (χ3n) is 2.10. The van der Waals surface area contributed by atoms with Crippen LogP contribution in [0.2, 0.25) is 5.15 Å². The predicted molar refractivity (Wildman–Crippen MR) is 61.2 cm³/mol. The Bertz CT molecular complexity index is 511. The van der Waals surface area contributed by atoms with Gasteiger partial charge in [-0.3, -0.25) is 14.9 Å². The van der Waals surface area contributed by atoms with Gasteiger partial charge in [0.2, 0.25) is 0 Å². The van der Waals surface area contributed by atoms with E-state index in [4.69, 9.17) is 11.6 Å². The van der Waals surface area contributed by atoms with E-state index in [0.717, 1.165) is 6.07 Å². The Hall–Kier alpha value is -1.83. The largest absolute Gasteiger partial charge is 0.466 e. The van der Waals surface area contributed by atoms with Crippen LogP contribution in [0.25, 0.3) is 0 Å². The minimum atomic E-state index is -3.13. The summed E-state index contributed by atoms with van der Waals surface area (Å²) in [4.78, 5) is 24.2. The average Bonchev–Trinajstić information content (AvgIpc) is 2.31. The second kappa shape index (κ2) is 6.37. The average molecular weight is 295 g/mol. The van der Waals surface area contributed by atoms with Gasteiger partial charge in [0, 0.05) is 11.6 Å². The van der Waals surface area contributed by atoms with E-state index in [1.807, 2.05) is 0 Å². The maximum absolute atomic E-state index is 12.6. The van der Waals surface area contributed by atoms with Gasteiger partial charge in [-0.25, -0.2) is 13.8 Å². The van der Waals surface area contributed by atoms with E-state index in [0.29, 0.717) is 0 Å². The highest BCUT2D eigenvalue weighted by atomic mass is 35.5. The topological polar surface area (TPSA) is 82.3 Å². The third kappa shape index (κ3) is 3.82. The number of esters is 1. The molecule has 0 saturated carbocycles. The molecule has 0 fully saturated rings. The maximum atomic E-state index is 12.6. The number of rotatable bonds is 5. The normalized spacial score (nSPS) is 10.6. The molecule has 1 rings (SSSR count). The highest BCUT2D eigenvalue weighted by Crippen LogP contribution is 2.31. The Morgan fingerprint density at radius 1 is 1.63 bits per heavy atom. The number of nitro groups is 1. The van der Waals surface area contributed by atoms with Crippen LogP contribution in [-0.2, 0) is 16.0 Å². The molecular weight excluding hydrogens is 286 g/mol. The molecule has 104 valence electrons. The molecule has 0 saturated heterocycles. The van der Waals surface area contributed by atoms with E-state index < -0.39 is 28.7 Å². The zero-order valence-corrected chi connectivity index (χ0v) is 10.5. The van der Waals surface area contributed by atoms with Crippen LogP contribution >= 0.6 is 11.6 Å².